The zero-order valence-corrected chi connectivity index (χ0v) is 15.5. The zero-order chi connectivity index (χ0) is 17.0. The maximum atomic E-state index is 6.41. The fraction of sp³-hybridized carbons (Fsp3) is 0.550. The molecule has 1 aromatic carbocycles. The number of benzene rings is 1. The van der Waals surface area contributed by atoms with Gasteiger partial charge in [0, 0.05) is 17.0 Å². The van der Waals surface area contributed by atoms with Gasteiger partial charge in [0.05, 0.1) is 22.8 Å². The van der Waals surface area contributed by atoms with Crippen molar-refractivity contribution in [3.05, 3.63) is 39.6 Å². The highest BCUT2D eigenvalue weighted by Gasteiger charge is 2.41. The average Bonchev–Trinajstić information content (AvgIpc) is 3.03. The quantitative estimate of drug-likeness (QED) is 0.619. The van der Waals surface area contributed by atoms with Crippen LogP contribution in [0.2, 0.25) is 10.0 Å². The third kappa shape index (κ3) is 2.90. The molecule has 5 heteroatoms. The van der Waals surface area contributed by atoms with Gasteiger partial charge in [0.25, 0.3) is 0 Å². The van der Waals surface area contributed by atoms with E-state index < -0.39 is 0 Å². The first kappa shape index (κ1) is 16.2. The first-order chi connectivity index (χ1) is 12.2. The fourth-order valence-electron chi connectivity index (χ4n) is 4.63. The van der Waals surface area contributed by atoms with E-state index in [0.29, 0.717) is 28.7 Å². The molecule has 25 heavy (non-hydrogen) atoms. The molecule has 1 aromatic heterocycles. The molecule has 0 N–H and O–H groups in total. The van der Waals surface area contributed by atoms with Crippen LogP contribution in [0.1, 0.15) is 55.8 Å². The molecule has 0 aliphatic heterocycles. The molecule has 1 heterocycles. The van der Waals surface area contributed by atoms with Crippen LogP contribution in [0.4, 0.5) is 0 Å². The lowest BCUT2D eigenvalue weighted by Gasteiger charge is -2.22. The maximum absolute atomic E-state index is 6.41. The molecule has 3 atom stereocenters. The van der Waals surface area contributed by atoms with Crippen molar-refractivity contribution in [1.82, 2.24) is 5.16 Å². The van der Waals surface area contributed by atoms with Gasteiger partial charge in [-0.3, -0.25) is 0 Å². The number of hydrogen-bond donors (Lipinski definition) is 0. The maximum Gasteiger partial charge on any atom is 0.145 e. The summed E-state index contributed by atoms with van der Waals surface area (Å²) in [5.41, 5.74) is 2.55. The molecule has 3 aliphatic carbocycles. The average molecular weight is 378 g/mol. The van der Waals surface area contributed by atoms with E-state index in [1.807, 2.05) is 18.2 Å². The van der Waals surface area contributed by atoms with E-state index >= 15 is 0 Å². The summed E-state index contributed by atoms with van der Waals surface area (Å²) in [6.45, 7) is 0.542. The highest BCUT2D eigenvalue weighted by atomic mass is 35.5. The molecule has 132 valence electrons. The van der Waals surface area contributed by atoms with Crippen LogP contribution >= 0.6 is 23.2 Å². The summed E-state index contributed by atoms with van der Waals surface area (Å²) in [7, 11) is 0. The van der Waals surface area contributed by atoms with Crippen LogP contribution in [0.5, 0.6) is 0 Å². The molecule has 0 radical (unpaired) electrons. The molecule has 3 nitrogen and oxygen atoms in total. The Hall–Kier alpha value is -1.03. The third-order valence-corrected chi connectivity index (χ3v) is 6.71. The third-order valence-electron chi connectivity index (χ3n) is 6.08. The van der Waals surface area contributed by atoms with Gasteiger partial charge in [-0.2, -0.15) is 0 Å². The highest BCUT2D eigenvalue weighted by Crippen LogP contribution is 2.48. The monoisotopic (exact) mass is 377 g/mol. The summed E-state index contributed by atoms with van der Waals surface area (Å²) in [6.07, 6.45) is 7.95. The fourth-order valence-corrected chi connectivity index (χ4v) is 5.21. The van der Waals surface area contributed by atoms with E-state index in [-0.39, 0.29) is 0 Å². The molecule has 3 fully saturated rings. The molecular formula is C20H21Cl2NO2. The number of hydrogen-bond acceptors (Lipinski definition) is 3. The predicted octanol–water partition coefficient (Wildman–Crippen LogP) is 6.23. The van der Waals surface area contributed by atoms with Gasteiger partial charge < -0.3 is 9.26 Å². The van der Waals surface area contributed by atoms with E-state index in [1.54, 1.807) is 0 Å². The number of rotatable bonds is 5. The van der Waals surface area contributed by atoms with Crippen LogP contribution in [0, 0.1) is 11.8 Å². The zero-order valence-electron chi connectivity index (χ0n) is 14.0. The van der Waals surface area contributed by atoms with E-state index in [9.17, 15) is 0 Å². The lowest BCUT2D eigenvalue weighted by atomic mass is 9.97. The Bertz CT molecular complexity index is 779. The first-order valence-electron chi connectivity index (χ1n) is 9.25. The second-order valence-corrected chi connectivity index (χ2v) is 8.58. The number of halogens is 2. The number of nitrogens with zero attached hydrogens (tertiary/aromatic N) is 1. The Balaban J connectivity index is 1.46. The van der Waals surface area contributed by atoms with Crippen LogP contribution in [0.15, 0.2) is 22.7 Å². The van der Waals surface area contributed by atoms with Crippen molar-refractivity contribution in [2.75, 3.05) is 0 Å². The standard InChI is InChI=1S/C20H21Cl2NO2/c21-15-2-1-3-16(22)18(15)19-14(20(25-23-19)12-6-7-12)10-24-17-9-11-4-5-13(17)8-11/h1-3,11-13,17H,4-10H2/t11-,13+,17-/m0/s1. The van der Waals surface area contributed by atoms with Gasteiger partial charge in [0.2, 0.25) is 0 Å². The summed E-state index contributed by atoms with van der Waals surface area (Å²) in [6, 6.07) is 5.53. The number of ether oxygens (including phenoxy) is 1. The molecule has 0 saturated heterocycles. The predicted molar refractivity (Wildman–Crippen MR) is 98.0 cm³/mol. The van der Waals surface area contributed by atoms with Crippen molar-refractivity contribution in [2.24, 2.45) is 11.8 Å². The Morgan fingerprint density at radius 1 is 1.08 bits per heavy atom. The van der Waals surface area contributed by atoms with Crippen molar-refractivity contribution in [2.45, 2.75) is 57.2 Å². The van der Waals surface area contributed by atoms with Crippen molar-refractivity contribution in [3.63, 3.8) is 0 Å². The number of aromatic nitrogens is 1. The Morgan fingerprint density at radius 3 is 2.52 bits per heavy atom. The van der Waals surface area contributed by atoms with Gasteiger partial charge in [-0.05, 0) is 62.5 Å². The lowest BCUT2D eigenvalue weighted by Crippen LogP contribution is -2.20. The molecule has 5 rings (SSSR count). The van der Waals surface area contributed by atoms with Crippen molar-refractivity contribution in [1.29, 1.82) is 0 Å². The second-order valence-electron chi connectivity index (χ2n) is 7.77. The van der Waals surface area contributed by atoms with E-state index in [2.05, 4.69) is 5.16 Å². The summed E-state index contributed by atoms with van der Waals surface area (Å²) in [5, 5.41) is 5.54. The highest BCUT2D eigenvalue weighted by molar-refractivity contribution is 6.39. The van der Waals surface area contributed by atoms with Gasteiger partial charge in [0.15, 0.2) is 0 Å². The minimum atomic E-state index is 0.385. The van der Waals surface area contributed by atoms with E-state index in [0.717, 1.165) is 47.3 Å². The van der Waals surface area contributed by atoms with E-state index in [4.69, 9.17) is 32.5 Å². The Morgan fingerprint density at radius 2 is 1.88 bits per heavy atom. The second kappa shape index (κ2) is 6.29. The van der Waals surface area contributed by atoms with Crippen molar-refractivity contribution in [3.8, 4) is 11.3 Å². The van der Waals surface area contributed by atoms with Gasteiger partial charge in [-0.25, -0.2) is 0 Å². The topological polar surface area (TPSA) is 35.3 Å². The van der Waals surface area contributed by atoms with Crippen LogP contribution in [0.3, 0.4) is 0 Å². The van der Waals surface area contributed by atoms with Gasteiger partial charge >= 0.3 is 0 Å². The van der Waals surface area contributed by atoms with Gasteiger partial charge in [-0.15, -0.1) is 0 Å². The van der Waals surface area contributed by atoms with Crippen LogP contribution in [-0.4, -0.2) is 11.3 Å². The van der Waals surface area contributed by atoms with E-state index in [1.165, 1.54) is 25.7 Å². The summed E-state index contributed by atoms with van der Waals surface area (Å²) >= 11 is 12.8. The molecule has 0 spiro atoms. The smallest absolute Gasteiger partial charge is 0.145 e. The molecule has 2 bridgehead atoms. The Labute approximate surface area is 157 Å². The van der Waals surface area contributed by atoms with Crippen molar-refractivity contribution >= 4 is 23.2 Å². The lowest BCUT2D eigenvalue weighted by molar-refractivity contribution is 0.00478. The molecule has 3 aliphatic rings. The summed E-state index contributed by atoms with van der Waals surface area (Å²) in [5.74, 6) is 3.05. The minimum absolute atomic E-state index is 0.385. The molecule has 3 saturated carbocycles. The molecule has 2 aromatic rings. The van der Waals surface area contributed by atoms with Crippen molar-refractivity contribution < 1.29 is 9.26 Å². The molecule has 0 unspecified atom stereocenters. The minimum Gasteiger partial charge on any atom is -0.373 e. The Kier molecular flexibility index (Phi) is 4.07. The SMILES string of the molecule is Clc1cccc(Cl)c1-c1noc(C2CC2)c1CO[C@H]1C[C@H]2CC[C@@H]1C2. The molecular weight excluding hydrogens is 357 g/mol. The van der Waals surface area contributed by atoms with Crippen LogP contribution < -0.4 is 0 Å². The van der Waals surface area contributed by atoms with Crippen LogP contribution in [0.25, 0.3) is 11.3 Å². The number of fused-ring (bicyclic) bond motifs is 2. The summed E-state index contributed by atoms with van der Waals surface area (Å²) < 4.78 is 12.1. The first-order valence-corrected chi connectivity index (χ1v) is 10.0. The van der Waals surface area contributed by atoms with Gasteiger partial charge in [-0.1, -0.05) is 34.4 Å². The molecule has 0 amide bonds. The largest absolute Gasteiger partial charge is 0.373 e. The summed E-state index contributed by atoms with van der Waals surface area (Å²) in [4.78, 5) is 0. The van der Waals surface area contributed by atoms with Gasteiger partial charge in [0.1, 0.15) is 11.5 Å². The van der Waals surface area contributed by atoms with Crippen LogP contribution in [-0.2, 0) is 11.3 Å². The normalized spacial score (nSPS) is 28.0.